The van der Waals surface area contributed by atoms with Gasteiger partial charge in [-0.3, -0.25) is 4.98 Å². The van der Waals surface area contributed by atoms with Crippen LogP contribution in [-0.2, 0) is 0 Å². The monoisotopic (exact) mass is 565 g/mol. The van der Waals surface area contributed by atoms with Gasteiger partial charge in [-0.05, 0) is 56.6 Å². The molecule has 2 aromatic carbocycles. The normalized spacial score (nSPS) is 19.4. The summed E-state index contributed by atoms with van der Waals surface area (Å²) in [6, 6.07) is 14.8. The van der Waals surface area contributed by atoms with Crippen LogP contribution >= 0.6 is 0 Å². The highest BCUT2D eigenvalue weighted by Gasteiger charge is 2.32. The third kappa shape index (κ3) is 5.05. The number of ether oxygens (including phenoxy) is 1. The number of nitrogens with zero attached hydrogens (tertiary/aromatic N) is 7. The van der Waals surface area contributed by atoms with E-state index in [9.17, 15) is 15.2 Å². The fourth-order valence-corrected chi connectivity index (χ4v) is 6.42. The summed E-state index contributed by atoms with van der Waals surface area (Å²) in [5, 5.41) is 22.2. The standard InChI is InChI=1S/C32H35N7O3/c1-20-7-4-8-22-9-5-11-25(27(20)22)28-21(2)29-26(17-34-28)30(36-31(35-29)42-19-24-10-6-14-37(24)3)38-15-16-39(32(40)41)23(18-38)12-13-33/h4-5,7-9,11,17,23-24H,6,10,12,14-16,18-19H2,1-3H3,(H,40,41)/t23-,24-/m0/s1. The number of nitriles is 1. The maximum atomic E-state index is 11.9. The molecule has 2 atom stereocenters. The molecule has 216 valence electrons. The minimum Gasteiger partial charge on any atom is -0.465 e. The molecular formula is C32H35N7O3. The summed E-state index contributed by atoms with van der Waals surface area (Å²) in [6.45, 7) is 6.75. The van der Waals surface area contributed by atoms with Gasteiger partial charge in [0.25, 0.3) is 0 Å². The Morgan fingerprint density at radius 3 is 2.67 bits per heavy atom. The van der Waals surface area contributed by atoms with E-state index in [-0.39, 0.29) is 13.0 Å². The largest absolute Gasteiger partial charge is 0.465 e. The van der Waals surface area contributed by atoms with Gasteiger partial charge in [0, 0.05) is 43.0 Å². The number of benzene rings is 2. The van der Waals surface area contributed by atoms with E-state index >= 15 is 0 Å². The fourth-order valence-electron chi connectivity index (χ4n) is 6.42. The number of likely N-dealkylation sites (tertiary alicyclic amines) is 1. The average Bonchev–Trinajstić information content (AvgIpc) is 3.40. The molecule has 4 aromatic rings. The Kier molecular flexibility index (Phi) is 7.52. The summed E-state index contributed by atoms with van der Waals surface area (Å²) < 4.78 is 6.26. The first-order valence-corrected chi connectivity index (χ1v) is 14.5. The average molecular weight is 566 g/mol. The summed E-state index contributed by atoms with van der Waals surface area (Å²) in [6.07, 6.45) is 3.12. The van der Waals surface area contributed by atoms with Gasteiger partial charge in [0.15, 0.2) is 0 Å². The van der Waals surface area contributed by atoms with Crippen LogP contribution in [0, 0.1) is 25.2 Å². The van der Waals surface area contributed by atoms with Crippen LogP contribution in [0.1, 0.15) is 30.4 Å². The third-order valence-electron chi connectivity index (χ3n) is 8.74. The van der Waals surface area contributed by atoms with Crippen molar-refractivity contribution in [2.24, 2.45) is 0 Å². The highest BCUT2D eigenvalue weighted by molar-refractivity contribution is 6.02. The van der Waals surface area contributed by atoms with Gasteiger partial charge < -0.3 is 24.5 Å². The van der Waals surface area contributed by atoms with Gasteiger partial charge in [-0.1, -0.05) is 36.4 Å². The lowest BCUT2D eigenvalue weighted by atomic mass is 9.95. The lowest BCUT2D eigenvalue weighted by Gasteiger charge is -2.39. The smallest absolute Gasteiger partial charge is 0.407 e. The zero-order valence-electron chi connectivity index (χ0n) is 24.2. The Morgan fingerprint density at radius 1 is 1.12 bits per heavy atom. The molecule has 10 heteroatoms. The molecule has 0 spiro atoms. The van der Waals surface area contributed by atoms with Crippen LogP contribution in [-0.4, -0.2) is 87.9 Å². The van der Waals surface area contributed by atoms with Gasteiger partial charge >= 0.3 is 12.1 Å². The molecule has 0 bridgehead atoms. The van der Waals surface area contributed by atoms with Gasteiger partial charge in [0.2, 0.25) is 0 Å². The van der Waals surface area contributed by atoms with Crippen molar-refractivity contribution in [1.29, 1.82) is 5.26 Å². The highest BCUT2D eigenvalue weighted by Crippen LogP contribution is 2.37. The molecule has 0 unspecified atom stereocenters. The SMILES string of the molecule is Cc1c(-c2cccc3cccc(C)c23)ncc2c(N3CCN(C(=O)O)[C@@H](CC#N)C3)nc(OC[C@@H]3CCCN3C)nc12. The predicted molar refractivity (Wildman–Crippen MR) is 162 cm³/mol. The first kappa shape index (κ1) is 27.7. The lowest BCUT2D eigenvalue weighted by Crippen LogP contribution is -2.55. The quantitative estimate of drug-likeness (QED) is 0.344. The second-order valence-corrected chi connectivity index (χ2v) is 11.3. The molecule has 42 heavy (non-hydrogen) atoms. The van der Waals surface area contributed by atoms with E-state index in [1.165, 1.54) is 10.5 Å². The van der Waals surface area contributed by atoms with E-state index in [2.05, 4.69) is 61.3 Å². The third-order valence-corrected chi connectivity index (χ3v) is 8.74. The topological polar surface area (TPSA) is 119 Å². The van der Waals surface area contributed by atoms with E-state index in [1.54, 1.807) is 0 Å². The number of likely N-dealkylation sites (N-methyl/N-ethyl adjacent to an activating group) is 1. The van der Waals surface area contributed by atoms with E-state index in [4.69, 9.17) is 19.7 Å². The van der Waals surface area contributed by atoms with Crippen molar-refractivity contribution in [2.75, 3.05) is 44.7 Å². The van der Waals surface area contributed by atoms with Crippen LogP contribution in [0.3, 0.4) is 0 Å². The van der Waals surface area contributed by atoms with Crippen molar-refractivity contribution in [3.8, 4) is 23.3 Å². The number of aromatic nitrogens is 3. The van der Waals surface area contributed by atoms with Crippen LogP contribution in [0.4, 0.5) is 10.6 Å². The minimum atomic E-state index is -1.01. The Morgan fingerprint density at radius 2 is 1.93 bits per heavy atom. The first-order valence-electron chi connectivity index (χ1n) is 14.5. The highest BCUT2D eigenvalue weighted by atomic mass is 16.5. The summed E-state index contributed by atoms with van der Waals surface area (Å²) in [4.78, 5) is 32.3. The second-order valence-electron chi connectivity index (χ2n) is 11.3. The van der Waals surface area contributed by atoms with Crippen molar-refractivity contribution in [3.63, 3.8) is 0 Å². The lowest BCUT2D eigenvalue weighted by molar-refractivity contribution is 0.119. The Balaban J connectivity index is 1.46. The molecule has 2 saturated heterocycles. The number of piperazine rings is 1. The van der Waals surface area contributed by atoms with Gasteiger partial charge in [0.1, 0.15) is 12.4 Å². The van der Waals surface area contributed by atoms with Crippen molar-refractivity contribution >= 4 is 33.6 Å². The number of carboxylic acid groups (broad SMARTS) is 1. The number of fused-ring (bicyclic) bond motifs is 2. The molecule has 4 heterocycles. The molecule has 2 aliphatic rings. The molecule has 2 aromatic heterocycles. The fraction of sp³-hybridized carbons (Fsp3) is 0.406. The first-order chi connectivity index (χ1) is 20.4. The zero-order valence-corrected chi connectivity index (χ0v) is 24.2. The zero-order chi connectivity index (χ0) is 29.4. The van der Waals surface area contributed by atoms with Crippen LogP contribution in [0.25, 0.3) is 32.9 Å². The predicted octanol–water partition coefficient (Wildman–Crippen LogP) is 5.02. The number of carbonyl (C=O) groups is 1. The molecule has 2 aliphatic heterocycles. The molecule has 0 aliphatic carbocycles. The number of rotatable bonds is 6. The molecule has 0 saturated carbocycles. The molecule has 0 radical (unpaired) electrons. The maximum Gasteiger partial charge on any atom is 0.407 e. The molecule has 2 fully saturated rings. The molecule has 10 nitrogen and oxygen atoms in total. The van der Waals surface area contributed by atoms with Gasteiger partial charge in [-0.2, -0.15) is 15.2 Å². The van der Waals surface area contributed by atoms with E-state index in [0.717, 1.165) is 57.9 Å². The van der Waals surface area contributed by atoms with E-state index < -0.39 is 12.1 Å². The number of aryl methyl sites for hydroxylation is 2. The molecular weight excluding hydrogens is 530 g/mol. The van der Waals surface area contributed by atoms with Crippen LogP contribution in [0.2, 0.25) is 0 Å². The summed E-state index contributed by atoms with van der Waals surface area (Å²) in [5.41, 5.74) is 4.75. The minimum absolute atomic E-state index is 0.102. The Bertz CT molecular complexity index is 1700. The maximum absolute atomic E-state index is 11.9. The number of hydrogen-bond donors (Lipinski definition) is 1. The second kappa shape index (κ2) is 11.4. The van der Waals surface area contributed by atoms with E-state index in [0.29, 0.717) is 37.6 Å². The Labute approximate surface area is 245 Å². The van der Waals surface area contributed by atoms with Gasteiger partial charge in [0.05, 0.1) is 35.1 Å². The van der Waals surface area contributed by atoms with Crippen molar-refractivity contribution in [1.82, 2.24) is 24.8 Å². The van der Waals surface area contributed by atoms with Crippen molar-refractivity contribution < 1.29 is 14.6 Å². The van der Waals surface area contributed by atoms with Crippen LogP contribution in [0.15, 0.2) is 42.6 Å². The Hall–Kier alpha value is -4.49. The van der Waals surface area contributed by atoms with Crippen LogP contribution < -0.4 is 9.64 Å². The molecule has 6 rings (SSSR count). The van der Waals surface area contributed by atoms with Crippen LogP contribution in [0.5, 0.6) is 6.01 Å². The van der Waals surface area contributed by atoms with Gasteiger partial charge in [-0.15, -0.1) is 0 Å². The summed E-state index contributed by atoms with van der Waals surface area (Å²) in [5.74, 6) is 0.652. The number of amides is 1. The summed E-state index contributed by atoms with van der Waals surface area (Å²) >= 11 is 0. The number of anilines is 1. The van der Waals surface area contributed by atoms with E-state index in [1.807, 2.05) is 18.0 Å². The summed E-state index contributed by atoms with van der Waals surface area (Å²) in [7, 11) is 2.11. The number of hydrogen-bond acceptors (Lipinski definition) is 8. The van der Waals surface area contributed by atoms with Crippen molar-refractivity contribution in [2.45, 2.75) is 45.2 Å². The molecule has 1 N–H and O–H groups in total. The van der Waals surface area contributed by atoms with Gasteiger partial charge in [-0.25, -0.2) is 4.79 Å². The number of pyridine rings is 1. The van der Waals surface area contributed by atoms with Crippen molar-refractivity contribution in [3.05, 3.63) is 53.7 Å². The molecule has 1 amide bonds.